The number of amides is 1. The van der Waals surface area contributed by atoms with Gasteiger partial charge in [0.15, 0.2) is 0 Å². The minimum Gasteiger partial charge on any atom is -0.479 e. The van der Waals surface area contributed by atoms with Crippen LogP contribution in [-0.4, -0.2) is 51.3 Å². The van der Waals surface area contributed by atoms with E-state index < -0.39 is 41.3 Å². The van der Waals surface area contributed by atoms with Gasteiger partial charge in [0.2, 0.25) is 5.91 Å². The van der Waals surface area contributed by atoms with Gasteiger partial charge in [-0.2, -0.15) is 26.3 Å². The Morgan fingerprint density at radius 1 is 1.03 bits per heavy atom. The molecule has 0 atom stereocenters. The Balaban J connectivity index is 0.000000572. The third kappa shape index (κ3) is 7.47. The third-order valence-corrected chi connectivity index (χ3v) is 5.23. The van der Waals surface area contributed by atoms with Crippen molar-refractivity contribution < 1.29 is 50.9 Å². The van der Waals surface area contributed by atoms with E-state index in [-0.39, 0.29) is 36.6 Å². The minimum atomic E-state index is -5.08. The number of hydrogen-bond donors (Lipinski definition) is 4. The molecule has 1 aromatic carbocycles. The van der Waals surface area contributed by atoms with Gasteiger partial charge in [-0.25, -0.2) is 14.6 Å². The van der Waals surface area contributed by atoms with Crippen LogP contribution in [-0.2, 0) is 33.4 Å². The summed E-state index contributed by atoms with van der Waals surface area (Å²) in [6, 6.07) is 8.01. The number of carbonyl (C=O) groups excluding carboxylic acids is 1. The Bertz CT molecular complexity index is 1110. The van der Waals surface area contributed by atoms with Crippen molar-refractivity contribution in [2.75, 3.05) is 11.9 Å². The van der Waals surface area contributed by atoms with E-state index in [9.17, 15) is 41.0 Å². The number of halogens is 7. The van der Waals surface area contributed by atoms with E-state index in [1.54, 1.807) is 0 Å². The highest BCUT2D eigenvalue weighted by Gasteiger charge is 2.45. The number of anilines is 1. The molecule has 0 fully saturated rings. The number of carboxylic acid groups (broad SMARTS) is 2. The van der Waals surface area contributed by atoms with E-state index in [4.69, 9.17) is 21.5 Å². The molecular weight excluding hydrogens is 524 g/mol. The minimum absolute atomic E-state index is 0.00804. The number of pyridine rings is 1. The monoisotopic (exact) mass is 541 g/mol. The topological polar surface area (TPSA) is 129 Å². The number of rotatable bonds is 6. The number of fused-ring (bicyclic) bond motifs is 1. The highest BCUT2D eigenvalue weighted by molar-refractivity contribution is 6.33. The lowest BCUT2D eigenvalue weighted by atomic mass is 9.95. The summed E-state index contributed by atoms with van der Waals surface area (Å²) in [4.78, 5) is 36.7. The van der Waals surface area contributed by atoms with Crippen LogP contribution < -0.4 is 10.6 Å². The van der Waals surface area contributed by atoms with Gasteiger partial charge in [0.1, 0.15) is 11.4 Å². The van der Waals surface area contributed by atoms with Crippen LogP contribution in [0.5, 0.6) is 0 Å². The lowest BCUT2D eigenvalue weighted by Gasteiger charge is -2.25. The zero-order valence-corrected chi connectivity index (χ0v) is 18.8. The summed E-state index contributed by atoms with van der Waals surface area (Å²) in [7, 11) is 0. The molecule has 4 N–H and O–H groups in total. The van der Waals surface area contributed by atoms with Crippen molar-refractivity contribution in [2.45, 2.75) is 37.2 Å². The number of aliphatic carboxylic acids is 2. The van der Waals surface area contributed by atoms with Crippen LogP contribution in [0, 0.1) is 0 Å². The number of nitrogens with one attached hydrogen (secondary N) is 2. The number of benzene rings is 1. The molecular formula is C21H18ClF6N3O5. The van der Waals surface area contributed by atoms with Crippen molar-refractivity contribution in [1.82, 2.24) is 10.3 Å². The van der Waals surface area contributed by atoms with E-state index in [1.807, 2.05) is 24.3 Å². The van der Waals surface area contributed by atoms with Crippen LogP contribution in [0.15, 0.2) is 36.5 Å². The predicted octanol–water partition coefficient (Wildman–Crippen LogP) is 3.93. The van der Waals surface area contributed by atoms with Crippen LogP contribution >= 0.6 is 11.6 Å². The predicted molar refractivity (Wildman–Crippen MR) is 113 cm³/mol. The highest BCUT2D eigenvalue weighted by atomic mass is 35.5. The summed E-state index contributed by atoms with van der Waals surface area (Å²) >= 11 is 5.80. The first-order valence-electron chi connectivity index (χ1n) is 9.93. The molecule has 196 valence electrons. The Morgan fingerprint density at radius 2 is 1.56 bits per heavy atom. The highest BCUT2D eigenvalue weighted by Crippen LogP contribution is 2.33. The lowest BCUT2D eigenvalue weighted by Crippen LogP contribution is -2.55. The van der Waals surface area contributed by atoms with E-state index in [1.165, 1.54) is 0 Å². The molecule has 1 aromatic heterocycles. The number of carbonyl (C=O) groups is 3. The maximum absolute atomic E-state index is 12.6. The standard InChI is InChI=1S/C19H17ClF3N3O3.C2HF3O2/c20-14-7-13(19(21,22)23)10-25-16(14)24-6-5-15(27)26-18(17(28)29)8-11-3-1-2-4-12(11)9-18;3-2(4,5)1(6)7/h1-4,7,10H,5-6,8-9H2,(H,24,25)(H,26,27)(H,28,29);(H,6,7). The number of hydrogen-bond acceptors (Lipinski definition) is 5. The van der Waals surface area contributed by atoms with Gasteiger partial charge in [-0.15, -0.1) is 0 Å². The molecule has 0 bridgehead atoms. The normalized spacial score (nSPS) is 14.2. The quantitative estimate of drug-likeness (QED) is 0.408. The Morgan fingerprint density at radius 3 is 1.97 bits per heavy atom. The van der Waals surface area contributed by atoms with Crippen molar-refractivity contribution in [3.8, 4) is 0 Å². The fourth-order valence-electron chi connectivity index (χ4n) is 3.26. The Hall–Kier alpha value is -3.55. The Kier molecular flexibility index (Phi) is 8.78. The zero-order valence-electron chi connectivity index (χ0n) is 18.0. The molecule has 0 unspecified atom stereocenters. The lowest BCUT2D eigenvalue weighted by molar-refractivity contribution is -0.192. The first-order valence-corrected chi connectivity index (χ1v) is 10.3. The SMILES string of the molecule is O=C(CCNc1ncc(C(F)(F)F)cc1Cl)NC1(C(=O)O)Cc2ccccc2C1.O=C(O)C(F)(F)F. The maximum atomic E-state index is 12.6. The van der Waals surface area contributed by atoms with Crippen LogP contribution in [0.3, 0.4) is 0 Å². The molecule has 0 spiro atoms. The summed E-state index contributed by atoms with van der Waals surface area (Å²) in [6.07, 6.45) is -8.74. The van der Waals surface area contributed by atoms with Crippen LogP contribution in [0.2, 0.25) is 5.02 Å². The fraction of sp³-hybridized carbons (Fsp3) is 0.333. The number of alkyl halides is 6. The summed E-state index contributed by atoms with van der Waals surface area (Å²) in [5.74, 6) is -4.38. The summed E-state index contributed by atoms with van der Waals surface area (Å²) in [5.41, 5.74) is -0.650. The van der Waals surface area contributed by atoms with Gasteiger partial charge in [0, 0.05) is 32.0 Å². The second-order valence-electron chi connectivity index (χ2n) is 7.59. The molecule has 0 aliphatic heterocycles. The average Bonchev–Trinajstić information content (AvgIpc) is 3.13. The summed E-state index contributed by atoms with van der Waals surface area (Å²) in [5, 5.41) is 21.8. The molecule has 1 amide bonds. The number of aromatic nitrogens is 1. The molecule has 0 radical (unpaired) electrons. The Labute approximate surface area is 204 Å². The summed E-state index contributed by atoms with van der Waals surface area (Å²) in [6.45, 7) is 0.0204. The van der Waals surface area contributed by atoms with Gasteiger partial charge >= 0.3 is 24.3 Å². The van der Waals surface area contributed by atoms with Gasteiger partial charge in [-0.1, -0.05) is 35.9 Å². The van der Waals surface area contributed by atoms with E-state index >= 15 is 0 Å². The molecule has 1 aliphatic carbocycles. The molecule has 0 saturated carbocycles. The van der Waals surface area contributed by atoms with Crippen molar-refractivity contribution in [3.05, 3.63) is 58.2 Å². The maximum Gasteiger partial charge on any atom is 0.490 e. The molecule has 1 aliphatic rings. The molecule has 2 aromatic rings. The van der Waals surface area contributed by atoms with Crippen molar-refractivity contribution in [1.29, 1.82) is 0 Å². The molecule has 3 rings (SSSR count). The largest absolute Gasteiger partial charge is 0.490 e. The van der Waals surface area contributed by atoms with Gasteiger partial charge in [0.25, 0.3) is 0 Å². The molecule has 15 heteroatoms. The molecule has 0 saturated heterocycles. The van der Waals surface area contributed by atoms with Crippen molar-refractivity contribution in [3.63, 3.8) is 0 Å². The van der Waals surface area contributed by atoms with E-state index in [2.05, 4.69) is 15.6 Å². The second-order valence-corrected chi connectivity index (χ2v) is 8.00. The van der Waals surface area contributed by atoms with Gasteiger partial charge < -0.3 is 20.8 Å². The van der Waals surface area contributed by atoms with E-state index in [0.29, 0.717) is 6.20 Å². The van der Waals surface area contributed by atoms with Crippen LogP contribution in [0.1, 0.15) is 23.1 Å². The van der Waals surface area contributed by atoms with Crippen molar-refractivity contribution in [2.24, 2.45) is 0 Å². The average molecular weight is 542 g/mol. The van der Waals surface area contributed by atoms with Crippen LogP contribution in [0.25, 0.3) is 0 Å². The molecule has 36 heavy (non-hydrogen) atoms. The number of nitrogens with zero attached hydrogens (tertiary/aromatic N) is 1. The zero-order chi connectivity index (χ0) is 27.3. The van der Waals surface area contributed by atoms with Crippen molar-refractivity contribution >= 4 is 35.3 Å². The van der Waals surface area contributed by atoms with E-state index in [0.717, 1.165) is 17.2 Å². The fourth-order valence-corrected chi connectivity index (χ4v) is 3.49. The van der Waals surface area contributed by atoms with Crippen LogP contribution in [0.4, 0.5) is 32.2 Å². The molecule has 8 nitrogen and oxygen atoms in total. The third-order valence-electron chi connectivity index (χ3n) is 4.95. The second kappa shape index (κ2) is 11.0. The van der Waals surface area contributed by atoms with Gasteiger partial charge in [-0.3, -0.25) is 4.79 Å². The van der Waals surface area contributed by atoms with Gasteiger partial charge in [-0.05, 0) is 17.2 Å². The summed E-state index contributed by atoms with van der Waals surface area (Å²) < 4.78 is 69.6. The molecule has 1 heterocycles. The first-order chi connectivity index (χ1) is 16.5. The smallest absolute Gasteiger partial charge is 0.479 e. The number of carboxylic acids is 2. The van der Waals surface area contributed by atoms with Gasteiger partial charge in [0.05, 0.1) is 10.6 Å². The first kappa shape index (κ1) is 28.7.